The Morgan fingerprint density at radius 2 is 1.10 bits per heavy atom. The molecule has 0 unspecified atom stereocenters. The number of piperazine rings is 2. The molecule has 2 N–H and O–H groups in total. The van der Waals surface area contributed by atoms with Crippen LogP contribution in [-0.2, 0) is 50.5 Å². The average Bonchev–Trinajstić information content (AvgIpc) is 3.66. The van der Waals surface area contributed by atoms with Gasteiger partial charge in [-0.1, -0.05) is 0 Å². The molecule has 12 nitrogen and oxygen atoms in total. The summed E-state index contributed by atoms with van der Waals surface area (Å²) in [6.45, 7) is 6.74. The summed E-state index contributed by atoms with van der Waals surface area (Å²) < 4.78 is 18.3. The van der Waals surface area contributed by atoms with Crippen LogP contribution < -0.4 is 20.7 Å². The Balaban J connectivity index is 0.000000262. The summed E-state index contributed by atoms with van der Waals surface area (Å²) >= 11 is 40.5. The Morgan fingerprint density at radius 1 is 0.780 bits per heavy atom. The molecule has 2 saturated heterocycles. The number of anilines is 2. The van der Waals surface area contributed by atoms with Gasteiger partial charge < -0.3 is 60.3 Å². The number of hydrogen-bond donors (Lipinski definition) is 4. The number of rotatable bonds is 4. The Morgan fingerprint density at radius 3 is 1.32 bits per heavy atom. The van der Waals surface area contributed by atoms with Crippen molar-refractivity contribution >= 4 is 150 Å². The second-order valence-corrected chi connectivity index (χ2v) is 13.8. The molecule has 224 valence electrons. The predicted molar refractivity (Wildman–Crippen MR) is 186 cm³/mol. The third-order valence-corrected chi connectivity index (χ3v) is 7.86. The number of thiazole rings is 2. The fourth-order valence-electron chi connectivity index (χ4n) is 3.46. The summed E-state index contributed by atoms with van der Waals surface area (Å²) in [7, 11) is 0. The van der Waals surface area contributed by atoms with Gasteiger partial charge in [0.2, 0.25) is 10.3 Å². The number of thiol groups is 2. The van der Waals surface area contributed by atoms with Crippen LogP contribution in [0.2, 0.25) is 0 Å². The quantitative estimate of drug-likeness (QED) is 0.119. The number of nitrogens with one attached hydrogen (secondary N) is 2. The second kappa shape index (κ2) is 20.2. The number of thiocarbonyl (C=S) groups is 4. The molecule has 0 amide bonds. The molecule has 23 heteroatoms. The molecule has 2 aromatic rings. The van der Waals surface area contributed by atoms with Crippen LogP contribution in [0.5, 0.6) is 0 Å². The van der Waals surface area contributed by atoms with Crippen molar-refractivity contribution in [2.24, 2.45) is 0 Å². The molecule has 41 heavy (non-hydrogen) atoms. The van der Waals surface area contributed by atoms with E-state index in [2.05, 4.69) is 55.9 Å². The van der Waals surface area contributed by atoms with Gasteiger partial charge in [-0.2, -0.15) is 20.3 Å². The molecular weight excluding hydrogens is 805 g/mol. The van der Waals surface area contributed by atoms with Crippen molar-refractivity contribution in [1.29, 1.82) is 0 Å². The Labute approximate surface area is 298 Å². The van der Waals surface area contributed by atoms with Gasteiger partial charge in [-0.05, 0) is 33.1 Å². The minimum atomic E-state index is -2.03. The second-order valence-electron chi connectivity index (χ2n) is 7.40. The molecule has 0 aromatic carbocycles. The van der Waals surface area contributed by atoms with E-state index in [1.165, 1.54) is 22.7 Å². The van der Waals surface area contributed by atoms with Crippen molar-refractivity contribution in [3.8, 4) is 0 Å². The fraction of sp³-hybridized carbons (Fsp3) is 0.444. The van der Waals surface area contributed by atoms with Crippen LogP contribution in [0.3, 0.4) is 0 Å². The van der Waals surface area contributed by atoms with E-state index in [-0.39, 0.29) is 8.64 Å². The number of hydrazine groups is 4. The standard InChI is InChI=1S/2C9H13N5S5.Mo.2O/c2*15-8(16)13(7-11-3-6-19-7)14(9(17)18)12-4-1-10-2-5-12;;;/h2*3,6,10H,1-2,4-5H2,(H,15,16)(H,17,18);;;/q;;+2;;/p-2. The zero-order chi connectivity index (χ0) is 30.4. The van der Waals surface area contributed by atoms with Crippen LogP contribution in [0.1, 0.15) is 0 Å². The summed E-state index contributed by atoms with van der Waals surface area (Å²) in [5, 5.41) is 22.6. The normalized spacial score (nSPS) is 15.1. The predicted octanol–water partition coefficient (Wildman–Crippen LogP) is 1.83. The van der Waals surface area contributed by atoms with Crippen molar-refractivity contribution in [1.82, 2.24) is 40.9 Å². The first-order chi connectivity index (χ1) is 19.6. The van der Waals surface area contributed by atoms with Crippen LogP contribution in [0.25, 0.3) is 0 Å². The first-order valence-electron chi connectivity index (χ1n) is 11.3. The van der Waals surface area contributed by atoms with Crippen molar-refractivity contribution in [2.75, 3.05) is 62.4 Å². The van der Waals surface area contributed by atoms with E-state index in [0.717, 1.165) is 52.4 Å². The molecule has 2 aromatic heterocycles. The summed E-state index contributed by atoms with van der Waals surface area (Å²) in [5.41, 5.74) is 0. The average molecular weight is 829 g/mol. The molecule has 0 bridgehead atoms. The third-order valence-electron chi connectivity index (χ3n) is 4.99. The molecule has 2 aliphatic heterocycles. The molecule has 2 fully saturated rings. The fourth-order valence-corrected chi connectivity index (χ4v) is 6.44. The Hall–Kier alpha value is 0.0883. The number of aromatic nitrogens is 2. The monoisotopic (exact) mass is 830 g/mol. The van der Waals surface area contributed by atoms with Gasteiger partial charge in [-0.25, -0.2) is 20.0 Å². The van der Waals surface area contributed by atoms with Crippen molar-refractivity contribution in [3.05, 3.63) is 23.2 Å². The Kier molecular flexibility index (Phi) is 18.4. The van der Waals surface area contributed by atoms with Crippen molar-refractivity contribution < 1.29 is 25.3 Å². The molecule has 0 saturated carbocycles. The van der Waals surface area contributed by atoms with E-state index in [9.17, 15) is 0 Å². The van der Waals surface area contributed by atoms with Crippen molar-refractivity contribution in [2.45, 2.75) is 0 Å². The molecule has 2 aliphatic rings. The summed E-state index contributed by atoms with van der Waals surface area (Å²) in [6, 6.07) is 0. The van der Waals surface area contributed by atoms with Gasteiger partial charge in [-0.15, -0.1) is 47.9 Å². The summed E-state index contributed by atoms with van der Waals surface area (Å²) in [4.78, 5) is 8.50. The SMILES string of the molecule is S=C([S-])N(c1nccs1)N(C(=S)S)N1CCNCC1.S=C([S-])N(c1nccs1)N(C(=S)S)N1CCNCC1.[O]=[Mo+2]=[O]. The molecule has 0 spiro atoms. The van der Waals surface area contributed by atoms with Gasteiger partial charge in [0.15, 0.2) is 8.64 Å². The summed E-state index contributed by atoms with van der Waals surface area (Å²) in [6.07, 6.45) is 3.41. The Bertz CT molecular complexity index is 1070. The minimum absolute atomic E-state index is 0.268. The molecule has 4 heterocycles. The van der Waals surface area contributed by atoms with Crippen molar-refractivity contribution in [3.63, 3.8) is 0 Å². The van der Waals surface area contributed by atoms with Gasteiger partial charge >= 0.3 is 25.3 Å². The van der Waals surface area contributed by atoms with E-state index in [1.54, 1.807) is 32.6 Å². The van der Waals surface area contributed by atoms with Crippen LogP contribution >= 0.6 is 96.8 Å². The molecule has 0 atom stereocenters. The topological polar surface area (TPSA) is 103 Å². The van der Waals surface area contributed by atoms with Crippen LogP contribution in [-0.4, -0.2) is 99.9 Å². The molecule has 0 radical (unpaired) electrons. The first kappa shape index (κ1) is 37.3. The van der Waals surface area contributed by atoms with Gasteiger partial charge in [0.25, 0.3) is 0 Å². The van der Waals surface area contributed by atoms with E-state index in [1.807, 2.05) is 10.8 Å². The zero-order valence-corrected chi connectivity index (χ0v) is 31.3. The summed E-state index contributed by atoms with van der Waals surface area (Å²) in [5.74, 6) is 0. The van der Waals surface area contributed by atoms with Gasteiger partial charge in [0, 0.05) is 75.5 Å². The van der Waals surface area contributed by atoms with E-state index >= 15 is 0 Å². The number of hydrogen-bond acceptors (Lipinski definition) is 16. The third kappa shape index (κ3) is 11.8. The van der Waals surface area contributed by atoms with Crippen LogP contribution in [0.15, 0.2) is 23.2 Å². The number of nitrogens with zero attached hydrogens (tertiary/aromatic N) is 8. The van der Waals surface area contributed by atoms with E-state index < -0.39 is 18.5 Å². The van der Waals surface area contributed by atoms with E-state index in [0.29, 0.717) is 18.9 Å². The maximum absolute atomic E-state index is 8.50. The molecular formula is C18H24MoN10O2S10. The molecule has 4 rings (SSSR count). The first-order valence-corrected chi connectivity index (χ1v) is 18.1. The van der Waals surface area contributed by atoms with Crippen LogP contribution in [0, 0.1) is 0 Å². The van der Waals surface area contributed by atoms with E-state index in [4.69, 9.17) is 80.9 Å². The van der Waals surface area contributed by atoms with Gasteiger partial charge in [0.05, 0.1) is 0 Å². The maximum atomic E-state index is 8.50. The van der Waals surface area contributed by atoms with Gasteiger partial charge in [-0.3, -0.25) is 0 Å². The van der Waals surface area contributed by atoms with Gasteiger partial charge in [0.1, 0.15) is 0 Å². The molecule has 0 aliphatic carbocycles. The zero-order valence-electron chi connectivity index (χ0n) is 20.9. The van der Waals surface area contributed by atoms with Crippen LogP contribution in [0.4, 0.5) is 10.3 Å².